The Labute approximate surface area is 160 Å². The number of guanidine groups is 1. The molecule has 0 bridgehead atoms. The van der Waals surface area contributed by atoms with Crippen LogP contribution in [0.3, 0.4) is 0 Å². The third kappa shape index (κ3) is 5.20. The van der Waals surface area contributed by atoms with Crippen LogP contribution in [0.1, 0.15) is 20.8 Å². The van der Waals surface area contributed by atoms with E-state index in [-0.39, 0.29) is 42.5 Å². The molecule has 0 saturated carbocycles. The second-order valence-electron chi connectivity index (χ2n) is 6.48. The van der Waals surface area contributed by atoms with E-state index in [1.165, 1.54) is 4.90 Å². The van der Waals surface area contributed by atoms with Gasteiger partial charge in [-0.2, -0.15) is 0 Å². The molecule has 0 aromatic rings. The fraction of sp³-hybridized carbons (Fsp3) is 0.800. The monoisotopic (exact) mass is 452 g/mol. The number of nitrogens with one attached hydrogen (secondary N) is 3. The molecule has 8 nitrogen and oxygen atoms in total. The van der Waals surface area contributed by atoms with Gasteiger partial charge in [-0.1, -0.05) is 6.92 Å². The zero-order chi connectivity index (χ0) is 17.0. The number of amides is 3. The van der Waals surface area contributed by atoms with Crippen molar-refractivity contribution in [2.75, 3.05) is 39.8 Å². The molecule has 9 heteroatoms. The first kappa shape index (κ1) is 20.9. The maximum Gasteiger partial charge on any atom is 0.324 e. The summed E-state index contributed by atoms with van der Waals surface area (Å²) in [6, 6.07) is 0.566. The van der Waals surface area contributed by atoms with Crippen molar-refractivity contribution in [1.29, 1.82) is 0 Å². The maximum atomic E-state index is 11.5. The predicted octanol–water partition coefficient (Wildman–Crippen LogP) is 0.0499. The van der Waals surface area contributed by atoms with Crippen molar-refractivity contribution < 1.29 is 9.59 Å². The molecule has 2 rings (SSSR count). The van der Waals surface area contributed by atoms with E-state index in [4.69, 9.17) is 0 Å². The SMILES string of the molecule is CN=C(NCCN1C(=O)CNC1=O)NC1CN(C(C)C)CC1C.I. The molecule has 2 aliphatic heterocycles. The average Bonchev–Trinajstić information content (AvgIpc) is 3.03. The largest absolute Gasteiger partial charge is 0.355 e. The van der Waals surface area contributed by atoms with Crippen molar-refractivity contribution in [3.63, 3.8) is 0 Å². The molecule has 0 aromatic heterocycles. The summed E-state index contributed by atoms with van der Waals surface area (Å²) in [5, 5.41) is 9.13. The average molecular weight is 452 g/mol. The Kier molecular flexibility index (Phi) is 8.20. The number of hydrogen-bond acceptors (Lipinski definition) is 4. The molecule has 2 fully saturated rings. The number of aliphatic imine (C=N–C) groups is 1. The normalized spacial score (nSPS) is 25.0. The lowest BCUT2D eigenvalue weighted by molar-refractivity contribution is -0.124. The summed E-state index contributed by atoms with van der Waals surface area (Å²) < 4.78 is 0. The molecule has 2 heterocycles. The van der Waals surface area contributed by atoms with Crippen LogP contribution in [0, 0.1) is 5.92 Å². The van der Waals surface area contributed by atoms with E-state index >= 15 is 0 Å². The summed E-state index contributed by atoms with van der Waals surface area (Å²) >= 11 is 0. The number of carbonyl (C=O) groups excluding carboxylic acids is 2. The molecular formula is C15H29IN6O2. The van der Waals surface area contributed by atoms with Gasteiger partial charge in [0.1, 0.15) is 0 Å². The summed E-state index contributed by atoms with van der Waals surface area (Å²) in [5.41, 5.74) is 0. The summed E-state index contributed by atoms with van der Waals surface area (Å²) in [4.78, 5) is 30.9. The topological polar surface area (TPSA) is 89.1 Å². The highest BCUT2D eigenvalue weighted by atomic mass is 127. The van der Waals surface area contributed by atoms with Crippen molar-refractivity contribution in [3.8, 4) is 0 Å². The van der Waals surface area contributed by atoms with Crippen LogP contribution < -0.4 is 16.0 Å². The Balaban J connectivity index is 0.00000288. The fourth-order valence-electron chi connectivity index (χ4n) is 2.95. The van der Waals surface area contributed by atoms with E-state index in [1.54, 1.807) is 7.05 Å². The molecule has 0 radical (unpaired) electrons. The minimum atomic E-state index is -0.322. The van der Waals surface area contributed by atoms with E-state index in [0.717, 1.165) is 13.1 Å². The zero-order valence-electron chi connectivity index (χ0n) is 14.8. The molecule has 0 aromatic carbocycles. The fourth-order valence-corrected chi connectivity index (χ4v) is 2.95. The Morgan fingerprint density at radius 2 is 2.08 bits per heavy atom. The van der Waals surface area contributed by atoms with Crippen molar-refractivity contribution in [3.05, 3.63) is 0 Å². The molecule has 2 saturated heterocycles. The lowest BCUT2D eigenvalue weighted by Gasteiger charge is -2.22. The summed E-state index contributed by atoms with van der Waals surface area (Å²) in [7, 11) is 1.73. The van der Waals surface area contributed by atoms with Gasteiger partial charge in [-0.15, -0.1) is 24.0 Å². The number of halogens is 1. The molecular weight excluding hydrogens is 423 g/mol. The van der Waals surface area contributed by atoms with Gasteiger partial charge in [0.2, 0.25) is 5.91 Å². The van der Waals surface area contributed by atoms with Gasteiger partial charge in [0.25, 0.3) is 0 Å². The number of nitrogens with zero attached hydrogens (tertiary/aromatic N) is 3. The van der Waals surface area contributed by atoms with Gasteiger partial charge in [-0.3, -0.25) is 19.6 Å². The first-order chi connectivity index (χ1) is 10.9. The lowest BCUT2D eigenvalue weighted by Crippen LogP contribution is -2.48. The third-order valence-electron chi connectivity index (χ3n) is 4.48. The van der Waals surface area contributed by atoms with Crippen molar-refractivity contribution in [2.45, 2.75) is 32.9 Å². The van der Waals surface area contributed by atoms with E-state index in [1.807, 2.05) is 0 Å². The van der Waals surface area contributed by atoms with Gasteiger partial charge in [-0.25, -0.2) is 4.79 Å². The van der Waals surface area contributed by atoms with Crippen LogP contribution in [0.25, 0.3) is 0 Å². The molecule has 24 heavy (non-hydrogen) atoms. The number of urea groups is 1. The van der Waals surface area contributed by atoms with Gasteiger partial charge in [0, 0.05) is 45.3 Å². The second kappa shape index (κ2) is 9.40. The molecule has 2 unspecified atom stereocenters. The maximum absolute atomic E-state index is 11.5. The summed E-state index contributed by atoms with van der Waals surface area (Å²) in [6.45, 7) is 9.64. The Morgan fingerprint density at radius 3 is 2.58 bits per heavy atom. The van der Waals surface area contributed by atoms with Crippen LogP contribution in [0.5, 0.6) is 0 Å². The van der Waals surface area contributed by atoms with Gasteiger partial charge in [-0.05, 0) is 19.8 Å². The Hall–Kier alpha value is -1.10. The molecule has 138 valence electrons. The van der Waals surface area contributed by atoms with Gasteiger partial charge in [0.15, 0.2) is 5.96 Å². The van der Waals surface area contributed by atoms with Crippen LogP contribution in [0.4, 0.5) is 4.79 Å². The number of carbonyl (C=O) groups is 2. The van der Waals surface area contributed by atoms with E-state index < -0.39 is 0 Å². The van der Waals surface area contributed by atoms with Crippen LogP contribution in [0.15, 0.2) is 4.99 Å². The predicted molar refractivity (Wildman–Crippen MR) is 105 cm³/mol. The van der Waals surface area contributed by atoms with Gasteiger partial charge >= 0.3 is 6.03 Å². The minimum absolute atomic E-state index is 0. The number of imide groups is 1. The summed E-state index contributed by atoms with van der Waals surface area (Å²) in [5.74, 6) is 1.07. The highest BCUT2D eigenvalue weighted by molar-refractivity contribution is 14.0. The van der Waals surface area contributed by atoms with Crippen LogP contribution >= 0.6 is 24.0 Å². The molecule has 0 spiro atoms. The molecule has 2 aliphatic rings. The Bertz CT molecular complexity index is 469. The minimum Gasteiger partial charge on any atom is -0.355 e. The van der Waals surface area contributed by atoms with Crippen LogP contribution in [-0.4, -0.2) is 79.6 Å². The number of hydrogen-bond donors (Lipinski definition) is 3. The van der Waals surface area contributed by atoms with Crippen molar-refractivity contribution >= 4 is 41.9 Å². The van der Waals surface area contributed by atoms with Crippen LogP contribution in [-0.2, 0) is 4.79 Å². The summed E-state index contributed by atoms with van der Waals surface area (Å²) in [6.07, 6.45) is 0. The van der Waals surface area contributed by atoms with E-state index in [2.05, 4.69) is 46.6 Å². The third-order valence-corrected chi connectivity index (χ3v) is 4.48. The molecule has 3 N–H and O–H groups in total. The van der Waals surface area contributed by atoms with Crippen LogP contribution in [0.2, 0.25) is 0 Å². The molecule has 0 aliphatic carbocycles. The second-order valence-corrected chi connectivity index (χ2v) is 6.48. The lowest BCUT2D eigenvalue weighted by atomic mass is 10.1. The van der Waals surface area contributed by atoms with Gasteiger partial charge in [0.05, 0.1) is 6.54 Å². The van der Waals surface area contributed by atoms with Gasteiger partial charge < -0.3 is 16.0 Å². The van der Waals surface area contributed by atoms with E-state index in [0.29, 0.717) is 37.1 Å². The van der Waals surface area contributed by atoms with Crippen molar-refractivity contribution in [1.82, 2.24) is 25.8 Å². The Morgan fingerprint density at radius 1 is 1.38 bits per heavy atom. The number of likely N-dealkylation sites (tertiary alicyclic amines) is 1. The van der Waals surface area contributed by atoms with E-state index in [9.17, 15) is 9.59 Å². The first-order valence-corrected chi connectivity index (χ1v) is 8.21. The first-order valence-electron chi connectivity index (χ1n) is 8.21. The highest BCUT2D eigenvalue weighted by Gasteiger charge is 2.31. The molecule has 3 amide bonds. The zero-order valence-corrected chi connectivity index (χ0v) is 17.2. The number of rotatable bonds is 5. The smallest absolute Gasteiger partial charge is 0.324 e. The highest BCUT2D eigenvalue weighted by Crippen LogP contribution is 2.18. The van der Waals surface area contributed by atoms with Crippen molar-refractivity contribution in [2.24, 2.45) is 10.9 Å². The standard InChI is InChI=1S/C15H28N6O2.HI/c1-10(2)20-8-11(3)12(9-20)19-14(16-4)17-5-6-21-13(22)7-18-15(21)23;/h10-12H,5-9H2,1-4H3,(H,18,23)(H2,16,17,19);1H. The molecule has 2 atom stereocenters. The quantitative estimate of drug-likeness (QED) is 0.238.